The lowest BCUT2D eigenvalue weighted by atomic mass is 10.0. The quantitative estimate of drug-likeness (QED) is 0.838. The van der Waals surface area contributed by atoms with Crippen LogP contribution in [0.5, 0.6) is 0 Å². The number of carbonyl (C=O) groups is 1. The van der Waals surface area contributed by atoms with Crippen LogP contribution in [0.4, 0.5) is 4.39 Å². The van der Waals surface area contributed by atoms with Crippen LogP contribution in [-0.4, -0.2) is 46.5 Å². The molecule has 2 aromatic rings. The Balaban J connectivity index is 1.76. The first kappa shape index (κ1) is 18.6. The molecule has 5 nitrogen and oxygen atoms in total. The zero-order chi connectivity index (χ0) is 18.7. The van der Waals surface area contributed by atoms with E-state index in [1.165, 1.54) is 18.3 Å². The molecule has 0 N–H and O–H groups in total. The third-order valence-corrected chi connectivity index (χ3v) is 5.09. The van der Waals surface area contributed by atoms with Gasteiger partial charge >= 0.3 is 0 Å². The molecule has 6 heteroatoms. The molecule has 1 atom stereocenters. The number of nitrogens with zero attached hydrogens (tertiary/aromatic N) is 3. The molecule has 0 bridgehead atoms. The van der Waals surface area contributed by atoms with Crippen molar-refractivity contribution in [1.82, 2.24) is 15.0 Å². The maximum Gasteiger partial charge on any atom is 0.259 e. The van der Waals surface area contributed by atoms with Gasteiger partial charge in [0.25, 0.3) is 5.91 Å². The van der Waals surface area contributed by atoms with Crippen molar-refractivity contribution in [2.45, 2.75) is 39.8 Å². The van der Waals surface area contributed by atoms with Gasteiger partial charge in [-0.3, -0.25) is 9.69 Å². The summed E-state index contributed by atoms with van der Waals surface area (Å²) in [6.07, 6.45) is 2.41. The highest BCUT2D eigenvalue weighted by atomic mass is 19.1. The van der Waals surface area contributed by atoms with Gasteiger partial charge in [-0.25, -0.2) is 4.39 Å². The van der Waals surface area contributed by atoms with Gasteiger partial charge in [-0.15, -0.1) is 0 Å². The first-order valence-electron chi connectivity index (χ1n) is 9.14. The van der Waals surface area contributed by atoms with E-state index < -0.39 is 0 Å². The summed E-state index contributed by atoms with van der Waals surface area (Å²) in [7, 11) is 0. The summed E-state index contributed by atoms with van der Waals surface area (Å²) in [6, 6.07) is 6.92. The van der Waals surface area contributed by atoms with Crippen molar-refractivity contribution in [2.75, 3.05) is 19.6 Å². The molecule has 140 valence electrons. The summed E-state index contributed by atoms with van der Waals surface area (Å²) < 4.78 is 18.2. The molecular formula is C20H26FN3O2. The Hall–Kier alpha value is -2.21. The van der Waals surface area contributed by atoms with Gasteiger partial charge in [0.05, 0.1) is 6.20 Å². The molecular weight excluding hydrogens is 333 g/mol. The topological polar surface area (TPSA) is 49.6 Å². The van der Waals surface area contributed by atoms with Crippen LogP contribution in [-0.2, 0) is 6.54 Å². The lowest BCUT2D eigenvalue weighted by Gasteiger charge is -2.34. The predicted molar refractivity (Wildman–Crippen MR) is 97.2 cm³/mol. The Morgan fingerprint density at radius 2 is 2.04 bits per heavy atom. The van der Waals surface area contributed by atoms with Crippen LogP contribution in [0.2, 0.25) is 0 Å². The molecule has 1 aliphatic rings. The Bertz CT molecular complexity index is 742. The SMILES string of the molecule is Cc1oncc1C(=O)N1CCCN(Cc2ccc(F)cc2)[C@@H](C(C)C)C1. The van der Waals surface area contributed by atoms with E-state index in [4.69, 9.17) is 4.52 Å². The number of carbonyl (C=O) groups excluding carboxylic acids is 1. The highest BCUT2D eigenvalue weighted by Gasteiger charge is 2.31. The van der Waals surface area contributed by atoms with E-state index in [1.807, 2.05) is 17.0 Å². The van der Waals surface area contributed by atoms with Gasteiger partial charge in [0.15, 0.2) is 0 Å². The number of aromatic nitrogens is 1. The fourth-order valence-corrected chi connectivity index (χ4v) is 3.57. The molecule has 26 heavy (non-hydrogen) atoms. The van der Waals surface area contributed by atoms with Crippen LogP contribution < -0.4 is 0 Å². The molecule has 1 fully saturated rings. The van der Waals surface area contributed by atoms with E-state index in [1.54, 1.807) is 6.92 Å². The Labute approximate surface area is 153 Å². The van der Waals surface area contributed by atoms with E-state index in [0.29, 0.717) is 30.3 Å². The molecule has 0 radical (unpaired) electrons. The molecule has 0 saturated carbocycles. The van der Waals surface area contributed by atoms with Crippen LogP contribution in [0.25, 0.3) is 0 Å². The number of hydrogen-bond donors (Lipinski definition) is 0. The van der Waals surface area contributed by atoms with Crippen molar-refractivity contribution in [1.29, 1.82) is 0 Å². The number of aryl methyl sites for hydroxylation is 1. The standard InChI is InChI=1S/C20H26FN3O2/c1-14(2)19-13-24(20(25)18-11-22-26-15(18)3)10-4-9-23(19)12-16-5-7-17(21)8-6-16/h5-8,11,14,19H,4,9-10,12-13H2,1-3H3/t19-/m1/s1. The van der Waals surface area contributed by atoms with E-state index in [0.717, 1.165) is 25.1 Å². The average Bonchev–Trinajstić information content (AvgIpc) is 2.92. The monoisotopic (exact) mass is 359 g/mol. The van der Waals surface area contributed by atoms with E-state index in [-0.39, 0.29) is 17.8 Å². The zero-order valence-corrected chi connectivity index (χ0v) is 15.6. The van der Waals surface area contributed by atoms with Crippen molar-refractivity contribution in [3.05, 3.63) is 53.2 Å². The van der Waals surface area contributed by atoms with Crippen LogP contribution in [0.15, 0.2) is 35.0 Å². The van der Waals surface area contributed by atoms with Gasteiger partial charge in [0.1, 0.15) is 17.1 Å². The average molecular weight is 359 g/mol. The van der Waals surface area contributed by atoms with Gasteiger partial charge in [-0.2, -0.15) is 0 Å². The zero-order valence-electron chi connectivity index (χ0n) is 15.6. The number of rotatable bonds is 4. The van der Waals surface area contributed by atoms with E-state index in [9.17, 15) is 9.18 Å². The van der Waals surface area contributed by atoms with E-state index in [2.05, 4.69) is 23.9 Å². The molecule has 2 heterocycles. The van der Waals surface area contributed by atoms with Crippen LogP contribution in [0.3, 0.4) is 0 Å². The van der Waals surface area contributed by atoms with Crippen LogP contribution >= 0.6 is 0 Å². The summed E-state index contributed by atoms with van der Waals surface area (Å²) in [5.41, 5.74) is 1.63. The Kier molecular flexibility index (Phi) is 5.71. The minimum atomic E-state index is -0.217. The second-order valence-electron chi connectivity index (χ2n) is 7.31. The number of halogens is 1. The minimum absolute atomic E-state index is 0.0157. The fourth-order valence-electron chi connectivity index (χ4n) is 3.57. The minimum Gasteiger partial charge on any atom is -0.361 e. The summed E-state index contributed by atoms with van der Waals surface area (Å²) in [4.78, 5) is 17.2. The first-order chi connectivity index (χ1) is 12.5. The van der Waals surface area contributed by atoms with Crippen molar-refractivity contribution >= 4 is 5.91 Å². The summed E-state index contributed by atoms with van der Waals surface area (Å²) in [5.74, 6) is 0.722. The fraction of sp³-hybridized carbons (Fsp3) is 0.500. The number of hydrogen-bond acceptors (Lipinski definition) is 4. The highest BCUT2D eigenvalue weighted by molar-refractivity contribution is 5.94. The summed E-state index contributed by atoms with van der Waals surface area (Å²) in [6.45, 7) is 9.18. The molecule has 1 aliphatic heterocycles. The van der Waals surface area contributed by atoms with Crippen LogP contribution in [0, 0.1) is 18.7 Å². The second-order valence-corrected chi connectivity index (χ2v) is 7.31. The highest BCUT2D eigenvalue weighted by Crippen LogP contribution is 2.22. The number of benzene rings is 1. The summed E-state index contributed by atoms with van der Waals surface area (Å²) >= 11 is 0. The Morgan fingerprint density at radius 1 is 1.31 bits per heavy atom. The molecule has 0 unspecified atom stereocenters. The van der Waals surface area contributed by atoms with Crippen molar-refractivity contribution in [3.63, 3.8) is 0 Å². The molecule has 1 aromatic heterocycles. The molecule has 0 aliphatic carbocycles. The lowest BCUT2D eigenvalue weighted by Crippen LogP contribution is -2.45. The normalized spacial score (nSPS) is 19.0. The smallest absolute Gasteiger partial charge is 0.259 e. The lowest BCUT2D eigenvalue weighted by molar-refractivity contribution is 0.0700. The molecule has 1 amide bonds. The van der Waals surface area contributed by atoms with Crippen molar-refractivity contribution in [2.24, 2.45) is 5.92 Å². The molecule has 1 saturated heterocycles. The van der Waals surface area contributed by atoms with E-state index >= 15 is 0 Å². The molecule has 3 rings (SSSR count). The first-order valence-corrected chi connectivity index (χ1v) is 9.14. The van der Waals surface area contributed by atoms with Crippen molar-refractivity contribution in [3.8, 4) is 0 Å². The van der Waals surface area contributed by atoms with Gasteiger partial charge in [-0.1, -0.05) is 31.1 Å². The van der Waals surface area contributed by atoms with Crippen molar-refractivity contribution < 1.29 is 13.7 Å². The predicted octanol–water partition coefficient (Wildman–Crippen LogP) is 3.49. The number of amides is 1. The van der Waals surface area contributed by atoms with Gasteiger partial charge in [0, 0.05) is 32.2 Å². The largest absolute Gasteiger partial charge is 0.361 e. The molecule has 1 aromatic carbocycles. The third kappa shape index (κ3) is 4.12. The second kappa shape index (κ2) is 7.99. The van der Waals surface area contributed by atoms with Gasteiger partial charge in [0.2, 0.25) is 0 Å². The molecule has 0 spiro atoms. The third-order valence-electron chi connectivity index (χ3n) is 5.09. The van der Waals surface area contributed by atoms with Gasteiger partial charge in [-0.05, 0) is 37.0 Å². The van der Waals surface area contributed by atoms with Gasteiger partial charge < -0.3 is 9.42 Å². The Morgan fingerprint density at radius 3 is 2.65 bits per heavy atom. The summed E-state index contributed by atoms with van der Waals surface area (Å²) in [5, 5.41) is 3.73. The maximum absolute atomic E-state index is 13.2. The maximum atomic E-state index is 13.2. The van der Waals surface area contributed by atoms with Crippen LogP contribution in [0.1, 0.15) is 41.9 Å².